The van der Waals surface area contributed by atoms with Crippen molar-refractivity contribution in [1.29, 1.82) is 0 Å². The number of amides is 1. The first-order chi connectivity index (χ1) is 8.15. The van der Waals surface area contributed by atoms with Gasteiger partial charge in [0.2, 0.25) is 5.91 Å². The fraction of sp³-hybridized carbons (Fsp3) is 0.909. The van der Waals surface area contributed by atoms with Crippen LogP contribution in [0.15, 0.2) is 0 Å². The van der Waals surface area contributed by atoms with Gasteiger partial charge in [0.1, 0.15) is 6.04 Å². The van der Waals surface area contributed by atoms with E-state index in [4.69, 9.17) is 15.2 Å². The zero-order valence-corrected chi connectivity index (χ0v) is 10.6. The first kappa shape index (κ1) is 14.4. The van der Waals surface area contributed by atoms with Gasteiger partial charge in [-0.05, 0) is 6.92 Å². The second-order valence-electron chi connectivity index (χ2n) is 4.31. The Bertz CT molecular complexity index is 238. The molecule has 1 amide bonds. The molecule has 1 rings (SSSR count). The molecular formula is C11H23N3O3. The van der Waals surface area contributed by atoms with Crippen molar-refractivity contribution in [2.45, 2.75) is 19.0 Å². The number of morpholine rings is 1. The van der Waals surface area contributed by atoms with Crippen LogP contribution in [-0.4, -0.2) is 69.5 Å². The first-order valence-electron chi connectivity index (χ1n) is 5.99. The van der Waals surface area contributed by atoms with Crippen LogP contribution in [-0.2, 0) is 14.3 Å². The van der Waals surface area contributed by atoms with E-state index in [1.54, 1.807) is 0 Å². The number of hydrogen-bond acceptors (Lipinski definition) is 5. The molecule has 3 N–H and O–H groups in total. The van der Waals surface area contributed by atoms with Gasteiger partial charge in [-0.25, -0.2) is 0 Å². The lowest BCUT2D eigenvalue weighted by molar-refractivity contribution is -0.123. The van der Waals surface area contributed by atoms with Crippen LogP contribution in [0.2, 0.25) is 0 Å². The number of nitrogens with one attached hydrogen (secondary N) is 1. The minimum absolute atomic E-state index is 0.159. The van der Waals surface area contributed by atoms with Crippen molar-refractivity contribution in [2.75, 3.05) is 46.6 Å². The van der Waals surface area contributed by atoms with Gasteiger partial charge in [0.05, 0.1) is 19.8 Å². The van der Waals surface area contributed by atoms with Crippen molar-refractivity contribution in [2.24, 2.45) is 5.73 Å². The SMILES string of the molecule is COCC(N)C(=O)NCCN1CCOCC1C. The topological polar surface area (TPSA) is 76.8 Å². The normalized spacial score (nSPS) is 23.4. The Morgan fingerprint density at radius 3 is 3.12 bits per heavy atom. The van der Waals surface area contributed by atoms with Crippen LogP contribution in [0.3, 0.4) is 0 Å². The third-order valence-corrected chi connectivity index (χ3v) is 2.89. The lowest BCUT2D eigenvalue weighted by Crippen LogP contribution is -2.49. The van der Waals surface area contributed by atoms with E-state index in [0.717, 1.165) is 26.3 Å². The summed E-state index contributed by atoms with van der Waals surface area (Å²) in [5.41, 5.74) is 5.60. The quantitative estimate of drug-likeness (QED) is 0.614. The van der Waals surface area contributed by atoms with E-state index in [0.29, 0.717) is 12.6 Å². The highest BCUT2D eigenvalue weighted by molar-refractivity contribution is 5.81. The second kappa shape index (κ2) is 7.60. The fourth-order valence-corrected chi connectivity index (χ4v) is 1.80. The van der Waals surface area contributed by atoms with Gasteiger partial charge in [0, 0.05) is 32.8 Å². The minimum Gasteiger partial charge on any atom is -0.383 e. The van der Waals surface area contributed by atoms with Crippen molar-refractivity contribution < 1.29 is 14.3 Å². The third kappa shape index (κ3) is 4.99. The van der Waals surface area contributed by atoms with Crippen molar-refractivity contribution in [3.63, 3.8) is 0 Å². The van der Waals surface area contributed by atoms with Gasteiger partial charge in [-0.15, -0.1) is 0 Å². The molecular weight excluding hydrogens is 222 g/mol. The number of nitrogens with two attached hydrogens (primary N) is 1. The predicted octanol–water partition coefficient (Wildman–Crippen LogP) is -1.20. The summed E-state index contributed by atoms with van der Waals surface area (Å²) in [7, 11) is 1.53. The lowest BCUT2D eigenvalue weighted by atomic mass is 10.2. The predicted molar refractivity (Wildman–Crippen MR) is 64.7 cm³/mol. The maximum Gasteiger partial charge on any atom is 0.239 e. The summed E-state index contributed by atoms with van der Waals surface area (Å²) in [6.45, 7) is 6.26. The van der Waals surface area contributed by atoms with Crippen LogP contribution in [0.4, 0.5) is 0 Å². The Kier molecular flexibility index (Phi) is 6.43. The van der Waals surface area contributed by atoms with Crippen molar-refractivity contribution in [1.82, 2.24) is 10.2 Å². The van der Waals surface area contributed by atoms with E-state index in [1.165, 1.54) is 7.11 Å². The highest BCUT2D eigenvalue weighted by Gasteiger charge is 2.18. The van der Waals surface area contributed by atoms with Crippen molar-refractivity contribution in [3.8, 4) is 0 Å². The molecule has 0 aliphatic carbocycles. The van der Waals surface area contributed by atoms with E-state index < -0.39 is 6.04 Å². The summed E-state index contributed by atoms with van der Waals surface area (Å²) in [6.07, 6.45) is 0. The third-order valence-electron chi connectivity index (χ3n) is 2.89. The van der Waals surface area contributed by atoms with Gasteiger partial charge >= 0.3 is 0 Å². The number of ether oxygens (including phenoxy) is 2. The second-order valence-corrected chi connectivity index (χ2v) is 4.31. The zero-order chi connectivity index (χ0) is 12.7. The summed E-state index contributed by atoms with van der Waals surface area (Å²) in [4.78, 5) is 13.8. The summed E-state index contributed by atoms with van der Waals surface area (Å²) < 4.78 is 10.2. The van der Waals surface area contributed by atoms with E-state index in [1.807, 2.05) is 0 Å². The molecule has 1 saturated heterocycles. The molecule has 2 atom stereocenters. The molecule has 1 aliphatic rings. The number of rotatable bonds is 6. The number of hydrogen-bond donors (Lipinski definition) is 2. The molecule has 2 unspecified atom stereocenters. The Hall–Kier alpha value is -0.690. The number of methoxy groups -OCH3 is 1. The van der Waals surface area contributed by atoms with E-state index >= 15 is 0 Å². The van der Waals surface area contributed by atoms with E-state index in [2.05, 4.69) is 17.1 Å². The largest absolute Gasteiger partial charge is 0.383 e. The molecule has 0 bridgehead atoms. The standard InChI is InChI=1S/C11H23N3O3/c1-9-7-17-6-5-14(9)4-3-13-11(15)10(12)8-16-2/h9-10H,3-8,12H2,1-2H3,(H,13,15). The average molecular weight is 245 g/mol. The molecule has 0 aromatic heterocycles. The molecule has 6 nitrogen and oxygen atoms in total. The molecule has 100 valence electrons. The fourth-order valence-electron chi connectivity index (χ4n) is 1.80. The molecule has 6 heteroatoms. The molecule has 0 saturated carbocycles. The van der Waals surface area contributed by atoms with Gasteiger partial charge in [0.15, 0.2) is 0 Å². The summed E-state index contributed by atoms with van der Waals surface area (Å²) >= 11 is 0. The van der Waals surface area contributed by atoms with E-state index in [9.17, 15) is 4.79 Å². The Morgan fingerprint density at radius 1 is 1.71 bits per heavy atom. The highest BCUT2D eigenvalue weighted by Crippen LogP contribution is 2.04. The highest BCUT2D eigenvalue weighted by atomic mass is 16.5. The zero-order valence-electron chi connectivity index (χ0n) is 10.6. The number of carbonyl (C=O) groups excluding carboxylic acids is 1. The maximum absolute atomic E-state index is 11.5. The summed E-state index contributed by atoms with van der Waals surface area (Å²) in [5.74, 6) is -0.159. The van der Waals surface area contributed by atoms with Gasteiger partial charge in [-0.2, -0.15) is 0 Å². The van der Waals surface area contributed by atoms with Gasteiger partial charge in [0.25, 0.3) is 0 Å². The van der Waals surface area contributed by atoms with E-state index in [-0.39, 0.29) is 12.5 Å². The van der Waals surface area contributed by atoms with Crippen LogP contribution >= 0.6 is 0 Å². The van der Waals surface area contributed by atoms with Crippen LogP contribution in [0.25, 0.3) is 0 Å². The molecule has 17 heavy (non-hydrogen) atoms. The van der Waals surface area contributed by atoms with Gasteiger partial charge in [-0.3, -0.25) is 9.69 Å². The van der Waals surface area contributed by atoms with Crippen LogP contribution < -0.4 is 11.1 Å². The maximum atomic E-state index is 11.5. The van der Waals surface area contributed by atoms with Crippen LogP contribution in [0.1, 0.15) is 6.92 Å². The Morgan fingerprint density at radius 2 is 2.47 bits per heavy atom. The average Bonchev–Trinajstić information content (AvgIpc) is 2.31. The van der Waals surface area contributed by atoms with Gasteiger partial charge < -0.3 is 20.5 Å². The molecule has 0 radical (unpaired) electrons. The van der Waals surface area contributed by atoms with Crippen LogP contribution in [0, 0.1) is 0 Å². The van der Waals surface area contributed by atoms with Crippen molar-refractivity contribution >= 4 is 5.91 Å². The molecule has 1 heterocycles. The monoisotopic (exact) mass is 245 g/mol. The molecule has 0 aromatic carbocycles. The molecule has 0 spiro atoms. The van der Waals surface area contributed by atoms with Gasteiger partial charge in [-0.1, -0.05) is 0 Å². The number of carbonyl (C=O) groups is 1. The Labute approximate surface area is 102 Å². The lowest BCUT2D eigenvalue weighted by Gasteiger charge is -2.33. The Balaban J connectivity index is 2.16. The van der Waals surface area contributed by atoms with Crippen LogP contribution in [0.5, 0.6) is 0 Å². The first-order valence-corrected chi connectivity index (χ1v) is 5.99. The minimum atomic E-state index is -0.581. The molecule has 1 aliphatic heterocycles. The summed E-state index contributed by atoms with van der Waals surface area (Å²) in [5, 5.41) is 2.81. The molecule has 1 fully saturated rings. The van der Waals surface area contributed by atoms with Crippen molar-refractivity contribution in [3.05, 3.63) is 0 Å². The smallest absolute Gasteiger partial charge is 0.239 e. The molecule has 0 aromatic rings. The number of nitrogens with zero attached hydrogens (tertiary/aromatic N) is 1. The summed E-state index contributed by atoms with van der Waals surface area (Å²) in [6, 6.07) is -0.171.